The molecule has 9 nitrogen and oxygen atoms in total. The predicted octanol–water partition coefficient (Wildman–Crippen LogP) is 5.97. The quantitative estimate of drug-likeness (QED) is 0.125. The summed E-state index contributed by atoms with van der Waals surface area (Å²) in [4.78, 5) is 45.3. The predicted molar refractivity (Wildman–Crippen MR) is 154 cm³/mol. The minimum absolute atomic E-state index is 0.120. The Hall–Kier alpha value is -4.96. The lowest BCUT2D eigenvalue weighted by Crippen LogP contribution is -2.29. The number of para-hydroxylation sites is 1. The molecule has 10 heteroatoms. The molecule has 4 aromatic rings. The number of hydrogen-bond donors (Lipinski definition) is 1. The van der Waals surface area contributed by atoms with Crippen LogP contribution in [-0.2, 0) is 14.3 Å². The second-order valence-electron chi connectivity index (χ2n) is 9.24. The normalized spacial score (nSPS) is 16.1. The first kappa shape index (κ1) is 27.6. The highest BCUT2D eigenvalue weighted by molar-refractivity contribution is 7.17. The molecule has 1 aliphatic rings. The van der Waals surface area contributed by atoms with Crippen LogP contribution in [0.2, 0.25) is 0 Å². The number of aromatic nitrogens is 1. The van der Waals surface area contributed by atoms with E-state index in [9.17, 15) is 19.5 Å². The third-order valence-corrected chi connectivity index (χ3v) is 7.76. The summed E-state index contributed by atoms with van der Waals surface area (Å²) in [6.45, 7) is 3.43. The molecule has 3 aromatic carbocycles. The zero-order chi connectivity index (χ0) is 29.3. The molecule has 1 aromatic heterocycles. The van der Waals surface area contributed by atoms with Crippen LogP contribution >= 0.6 is 11.3 Å². The summed E-state index contributed by atoms with van der Waals surface area (Å²) < 4.78 is 16.2. The number of carbonyl (C=O) groups excluding carboxylic acids is 3. The molecule has 1 saturated heterocycles. The second kappa shape index (κ2) is 11.3. The molecule has 0 bridgehead atoms. The van der Waals surface area contributed by atoms with E-state index in [2.05, 4.69) is 4.98 Å². The van der Waals surface area contributed by atoms with Gasteiger partial charge in [-0.3, -0.25) is 14.5 Å². The summed E-state index contributed by atoms with van der Waals surface area (Å²) in [6, 6.07) is 20.0. The Kier molecular flexibility index (Phi) is 7.58. The van der Waals surface area contributed by atoms with Crippen LogP contribution in [0.25, 0.3) is 5.76 Å². The fraction of sp³-hybridized carbons (Fsp3) is 0.161. The monoisotopic (exact) mass is 570 g/mol. The zero-order valence-corrected chi connectivity index (χ0v) is 23.5. The Bertz CT molecular complexity index is 1690. The summed E-state index contributed by atoms with van der Waals surface area (Å²) in [5.74, 6) is -1.05. The van der Waals surface area contributed by atoms with E-state index in [1.807, 2.05) is 25.1 Å². The molecule has 0 spiro atoms. The average Bonchev–Trinajstić information content (AvgIpc) is 3.49. The molecule has 0 saturated carbocycles. The molecule has 41 heavy (non-hydrogen) atoms. The number of carbonyl (C=O) groups is 3. The summed E-state index contributed by atoms with van der Waals surface area (Å²) in [6.07, 6.45) is 0. The highest BCUT2D eigenvalue weighted by Gasteiger charge is 2.48. The maximum Gasteiger partial charge on any atom is 0.350 e. The van der Waals surface area contributed by atoms with Gasteiger partial charge in [0.1, 0.15) is 27.9 Å². The van der Waals surface area contributed by atoms with Crippen molar-refractivity contribution in [2.45, 2.75) is 19.9 Å². The number of anilines is 1. The number of esters is 1. The number of aliphatic hydroxyl groups excluding tert-OH is 1. The highest BCUT2D eigenvalue weighted by Crippen LogP contribution is 2.45. The van der Waals surface area contributed by atoms with Gasteiger partial charge in [0, 0.05) is 5.56 Å². The molecular formula is C31H26N2O7S. The fourth-order valence-electron chi connectivity index (χ4n) is 4.67. The number of ether oxygens (including phenoxy) is 3. The minimum Gasteiger partial charge on any atom is -0.507 e. The number of aliphatic hydroxyl groups is 1. The summed E-state index contributed by atoms with van der Waals surface area (Å²) in [7, 11) is 2.79. The average molecular weight is 571 g/mol. The lowest BCUT2D eigenvalue weighted by atomic mass is 9.94. The molecule has 2 heterocycles. The van der Waals surface area contributed by atoms with E-state index >= 15 is 0 Å². The number of methoxy groups -OCH3 is 2. The van der Waals surface area contributed by atoms with Crippen molar-refractivity contribution in [1.29, 1.82) is 0 Å². The van der Waals surface area contributed by atoms with Gasteiger partial charge < -0.3 is 19.3 Å². The van der Waals surface area contributed by atoms with E-state index < -0.39 is 23.7 Å². The maximum atomic E-state index is 13.6. The van der Waals surface area contributed by atoms with Crippen LogP contribution in [-0.4, -0.2) is 42.0 Å². The molecule has 1 amide bonds. The molecule has 0 aliphatic carbocycles. The first-order valence-corrected chi connectivity index (χ1v) is 13.4. The highest BCUT2D eigenvalue weighted by atomic mass is 32.1. The SMILES string of the molecule is COC(=O)c1sc(N2C(=O)C(=O)C(=C(O)c3ccc(OC)c(C)c3)[C@@H]2c2cccc(Oc3ccccc3)c2)nc1C. The maximum absolute atomic E-state index is 13.6. The topological polar surface area (TPSA) is 115 Å². The van der Waals surface area contributed by atoms with E-state index in [1.54, 1.807) is 61.5 Å². The molecule has 1 fully saturated rings. The Labute approximate surface area is 240 Å². The van der Waals surface area contributed by atoms with Crippen molar-refractivity contribution in [3.8, 4) is 17.2 Å². The molecule has 0 radical (unpaired) electrons. The molecule has 1 atom stereocenters. The van der Waals surface area contributed by atoms with Crippen LogP contribution in [0.3, 0.4) is 0 Å². The fourth-order valence-corrected chi connectivity index (χ4v) is 5.68. The van der Waals surface area contributed by atoms with Crippen LogP contribution < -0.4 is 14.4 Å². The first-order chi connectivity index (χ1) is 19.7. The van der Waals surface area contributed by atoms with Crippen molar-refractivity contribution in [3.05, 3.63) is 106 Å². The molecule has 1 N–H and O–H groups in total. The van der Waals surface area contributed by atoms with Gasteiger partial charge in [-0.2, -0.15) is 0 Å². The minimum atomic E-state index is -1.06. The van der Waals surface area contributed by atoms with Gasteiger partial charge in [-0.05, 0) is 67.4 Å². The van der Waals surface area contributed by atoms with Gasteiger partial charge in [0.15, 0.2) is 5.13 Å². The number of rotatable bonds is 7. The molecular weight excluding hydrogens is 544 g/mol. The van der Waals surface area contributed by atoms with Crippen molar-refractivity contribution in [1.82, 2.24) is 4.98 Å². The zero-order valence-electron chi connectivity index (χ0n) is 22.7. The van der Waals surface area contributed by atoms with E-state index in [1.165, 1.54) is 19.1 Å². The number of aryl methyl sites for hydroxylation is 2. The number of nitrogens with zero attached hydrogens (tertiary/aromatic N) is 2. The van der Waals surface area contributed by atoms with Gasteiger partial charge in [0.05, 0.1) is 31.5 Å². The van der Waals surface area contributed by atoms with Gasteiger partial charge in [0.2, 0.25) is 0 Å². The van der Waals surface area contributed by atoms with Gasteiger partial charge in [-0.25, -0.2) is 9.78 Å². The van der Waals surface area contributed by atoms with E-state index in [0.29, 0.717) is 34.1 Å². The van der Waals surface area contributed by atoms with Crippen LogP contribution in [0.15, 0.2) is 78.4 Å². The summed E-state index contributed by atoms with van der Waals surface area (Å²) >= 11 is 0.933. The molecule has 5 rings (SSSR count). The van der Waals surface area contributed by atoms with Crippen molar-refractivity contribution in [2.24, 2.45) is 0 Å². The van der Waals surface area contributed by atoms with Crippen LogP contribution in [0, 0.1) is 13.8 Å². The number of thiazole rings is 1. The van der Waals surface area contributed by atoms with E-state index in [-0.39, 0.29) is 21.3 Å². The smallest absolute Gasteiger partial charge is 0.350 e. The third-order valence-electron chi connectivity index (χ3n) is 6.63. The molecule has 208 valence electrons. The van der Waals surface area contributed by atoms with Gasteiger partial charge in [-0.1, -0.05) is 41.7 Å². The number of Topliss-reactive ketones (excluding diaryl/α,β-unsaturated/α-hetero) is 1. The van der Waals surface area contributed by atoms with Gasteiger partial charge >= 0.3 is 11.9 Å². The summed E-state index contributed by atoms with van der Waals surface area (Å²) in [5.41, 5.74) is 1.80. The lowest BCUT2D eigenvalue weighted by Gasteiger charge is -2.23. The number of amides is 1. The van der Waals surface area contributed by atoms with Crippen LogP contribution in [0.5, 0.6) is 17.2 Å². The van der Waals surface area contributed by atoms with E-state index in [0.717, 1.165) is 16.9 Å². The van der Waals surface area contributed by atoms with Gasteiger partial charge in [0.25, 0.3) is 5.78 Å². The largest absolute Gasteiger partial charge is 0.507 e. The number of ketones is 1. The first-order valence-electron chi connectivity index (χ1n) is 12.6. The van der Waals surface area contributed by atoms with Crippen LogP contribution in [0.4, 0.5) is 5.13 Å². The third kappa shape index (κ3) is 5.17. The van der Waals surface area contributed by atoms with E-state index in [4.69, 9.17) is 14.2 Å². The standard InChI is InChI=1S/C31H26N2O7S/c1-17-15-20(13-14-23(17)38-3)26(34)24-25(19-9-8-12-22(16-19)40-21-10-6-5-7-11-21)33(29(36)27(24)35)31-32-18(2)28(41-31)30(37)39-4/h5-16,25,34H,1-4H3/t25-/m0/s1. The number of benzene rings is 3. The second-order valence-corrected chi connectivity index (χ2v) is 10.2. The lowest BCUT2D eigenvalue weighted by molar-refractivity contribution is -0.132. The molecule has 1 aliphatic heterocycles. The van der Waals surface area contributed by atoms with Crippen molar-refractivity contribution in [3.63, 3.8) is 0 Å². The van der Waals surface area contributed by atoms with Crippen molar-refractivity contribution < 1.29 is 33.7 Å². The van der Waals surface area contributed by atoms with Crippen molar-refractivity contribution in [2.75, 3.05) is 19.1 Å². The summed E-state index contributed by atoms with van der Waals surface area (Å²) in [5, 5.41) is 11.6. The van der Waals surface area contributed by atoms with Crippen molar-refractivity contribution >= 4 is 39.9 Å². The van der Waals surface area contributed by atoms with Gasteiger partial charge in [-0.15, -0.1) is 0 Å². The van der Waals surface area contributed by atoms with Crippen LogP contribution in [0.1, 0.15) is 38.1 Å². The Morgan fingerprint density at radius 3 is 2.37 bits per heavy atom. The Morgan fingerprint density at radius 2 is 1.68 bits per heavy atom. The Morgan fingerprint density at radius 1 is 0.951 bits per heavy atom. The Balaban J connectivity index is 1.68. The number of hydrogen-bond acceptors (Lipinski definition) is 9. The molecule has 0 unspecified atom stereocenters.